The molecule has 1 amide bonds. The molecule has 0 bridgehead atoms. The van der Waals surface area contributed by atoms with Gasteiger partial charge in [-0.05, 0) is 63.6 Å². The van der Waals surface area contributed by atoms with E-state index in [9.17, 15) is 13.2 Å². The lowest BCUT2D eigenvalue weighted by atomic mass is 9.95. The van der Waals surface area contributed by atoms with Crippen molar-refractivity contribution < 1.29 is 13.2 Å². The molecule has 2 rings (SSSR count). The maximum atomic E-state index is 12.5. The molecule has 1 saturated carbocycles. The van der Waals surface area contributed by atoms with Crippen molar-refractivity contribution in [2.24, 2.45) is 0 Å². The number of carbonyl (C=O) groups excluding carboxylic acids is 1. The van der Waals surface area contributed by atoms with Gasteiger partial charge in [0.2, 0.25) is 0 Å². The van der Waals surface area contributed by atoms with Gasteiger partial charge in [0.15, 0.2) is 9.84 Å². The van der Waals surface area contributed by atoms with E-state index in [1.807, 2.05) is 18.2 Å². The van der Waals surface area contributed by atoms with Crippen molar-refractivity contribution in [3.8, 4) is 0 Å². The van der Waals surface area contributed by atoms with Gasteiger partial charge in [0, 0.05) is 11.6 Å². The number of rotatable bonds is 11. The van der Waals surface area contributed by atoms with Crippen LogP contribution in [-0.2, 0) is 16.3 Å². The molecule has 158 valence electrons. The molecule has 0 aromatic heterocycles. The molecule has 5 heteroatoms. The Hall–Kier alpha value is -1.36. The monoisotopic (exact) mass is 407 g/mol. The van der Waals surface area contributed by atoms with Crippen LogP contribution in [0.5, 0.6) is 0 Å². The van der Waals surface area contributed by atoms with Crippen molar-refractivity contribution >= 4 is 15.7 Å². The highest BCUT2D eigenvalue weighted by Crippen LogP contribution is 2.18. The first-order valence-electron chi connectivity index (χ1n) is 11.0. The van der Waals surface area contributed by atoms with Crippen molar-refractivity contribution in [3.63, 3.8) is 0 Å². The molecule has 0 atom stereocenters. The van der Waals surface area contributed by atoms with E-state index in [-0.39, 0.29) is 11.2 Å². The predicted octanol–water partition coefficient (Wildman–Crippen LogP) is 5.07. The minimum absolute atomic E-state index is 0.0557. The van der Waals surface area contributed by atoms with Crippen LogP contribution < -0.4 is 5.32 Å². The number of hydrogen-bond donors (Lipinski definition) is 1. The van der Waals surface area contributed by atoms with Crippen LogP contribution in [0.15, 0.2) is 24.3 Å². The molecule has 1 aliphatic rings. The second kappa shape index (κ2) is 11.6. The lowest BCUT2D eigenvalue weighted by Gasteiger charge is -2.22. The Balaban J connectivity index is 1.66. The molecule has 1 aliphatic carbocycles. The standard InChI is InChI=1S/C23H37NO3S/c1-19(2)28(26,27)17-10-5-3-4-7-12-20-13-11-14-21(18-20)23(25)24-22-15-8-6-9-16-22/h11,13-14,18-19,22H,3-10,12,15-17H2,1-2H3,(H,24,25). The summed E-state index contributed by atoms with van der Waals surface area (Å²) >= 11 is 0. The first-order chi connectivity index (χ1) is 13.4. The fraction of sp³-hybridized carbons (Fsp3) is 0.696. The van der Waals surface area contributed by atoms with E-state index in [1.165, 1.54) is 24.8 Å². The van der Waals surface area contributed by atoms with Crippen molar-refractivity contribution in [2.45, 2.75) is 95.8 Å². The number of hydrogen-bond acceptors (Lipinski definition) is 3. The van der Waals surface area contributed by atoms with Gasteiger partial charge >= 0.3 is 0 Å². The summed E-state index contributed by atoms with van der Waals surface area (Å²) in [5.74, 6) is 0.364. The maximum Gasteiger partial charge on any atom is 0.251 e. The minimum atomic E-state index is -2.90. The third-order valence-corrected chi connectivity index (χ3v) is 8.04. The molecule has 0 heterocycles. The summed E-state index contributed by atoms with van der Waals surface area (Å²) in [6.07, 6.45) is 11.9. The Bertz CT molecular complexity index is 706. The quantitative estimate of drug-likeness (QED) is 0.521. The largest absolute Gasteiger partial charge is 0.349 e. The van der Waals surface area contributed by atoms with E-state index >= 15 is 0 Å². The summed E-state index contributed by atoms with van der Waals surface area (Å²) in [5, 5.41) is 2.92. The SMILES string of the molecule is CC(C)S(=O)(=O)CCCCCCCc1cccc(C(=O)NC2CCCCC2)c1. The second-order valence-electron chi connectivity index (χ2n) is 8.44. The molecule has 1 aromatic carbocycles. The third kappa shape index (κ3) is 7.94. The van der Waals surface area contributed by atoms with Gasteiger partial charge in [-0.3, -0.25) is 4.79 Å². The predicted molar refractivity (Wildman–Crippen MR) is 116 cm³/mol. The van der Waals surface area contributed by atoms with Crippen molar-refractivity contribution in [1.82, 2.24) is 5.32 Å². The smallest absolute Gasteiger partial charge is 0.251 e. The Morgan fingerprint density at radius 2 is 1.71 bits per heavy atom. The number of carbonyl (C=O) groups is 1. The van der Waals surface area contributed by atoms with E-state index in [0.29, 0.717) is 11.8 Å². The van der Waals surface area contributed by atoms with E-state index in [4.69, 9.17) is 0 Å². The molecule has 0 saturated heterocycles. The van der Waals surface area contributed by atoms with Crippen LogP contribution in [0.4, 0.5) is 0 Å². The lowest BCUT2D eigenvalue weighted by molar-refractivity contribution is 0.0927. The van der Waals surface area contributed by atoms with Gasteiger partial charge in [0.25, 0.3) is 5.91 Å². The van der Waals surface area contributed by atoms with Gasteiger partial charge in [-0.1, -0.05) is 50.7 Å². The first-order valence-corrected chi connectivity index (χ1v) is 12.7. The average Bonchev–Trinajstić information content (AvgIpc) is 2.68. The first kappa shape index (κ1) is 22.9. The van der Waals surface area contributed by atoms with Crippen LogP contribution in [0, 0.1) is 0 Å². The molecule has 28 heavy (non-hydrogen) atoms. The molecule has 1 fully saturated rings. The highest BCUT2D eigenvalue weighted by Gasteiger charge is 2.17. The summed E-state index contributed by atoms with van der Waals surface area (Å²) in [6, 6.07) is 8.32. The molecular weight excluding hydrogens is 370 g/mol. The molecular formula is C23H37NO3S. The van der Waals surface area contributed by atoms with Gasteiger partial charge in [-0.2, -0.15) is 0 Å². The van der Waals surface area contributed by atoms with Crippen LogP contribution in [0.2, 0.25) is 0 Å². The van der Waals surface area contributed by atoms with Crippen LogP contribution in [-0.4, -0.2) is 31.4 Å². The number of nitrogens with one attached hydrogen (secondary N) is 1. The third-order valence-electron chi connectivity index (χ3n) is 5.74. The topological polar surface area (TPSA) is 63.2 Å². The summed E-state index contributed by atoms with van der Waals surface area (Å²) in [4.78, 5) is 12.5. The molecule has 4 nitrogen and oxygen atoms in total. The average molecular weight is 408 g/mol. The Morgan fingerprint density at radius 3 is 2.43 bits per heavy atom. The Kier molecular flexibility index (Phi) is 9.49. The van der Waals surface area contributed by atoms with Crippen molar-refractivity contribution in [3.05, 3.63) is 35.4 Å². The van der Waals surface area contributed by atoms with Crippen LogP contribution in [0.3, 0.4) is 0 Å². The van der Waals surface area contributed by atoms with Crippen LogP contribution >= 0.6 is 0 Å². The lowest BCUT2D eigenvalue weighted by Crippen LogP contribution is -2.36. The minimum Gasteiger partial charge on any atom is -0.349 e. The molecule has 0 radical (unpaired) electrons. The van der Waals surface area contributed by atoms with Crippen LogP contribution in [0.1, 0.15) is 94.0 Å². The number of sulfone groups is 1. The summed E-state index contributed by atoms with van der Waals surface area (Å²) in [5.41, 5.74) is 1.97. The van der Waals surface area contributed by atoms with Gasteiger partial charge < -0.3 is 5.32 Å². The Labute approximate surface area is 171 Å². The maximum absolute atomic E-state index is 12.5. The summed E-state index contributed by atoms with van der Waals surface area (Å²) in [7, 11) is -2.90. The normalized spacial score (nSPS) is 15.7. The molecule has 0 unspecified atom stereocenters. The van der Waals surface area contributed by atoms with E-state index in [0.717, 1.165) is 56.9 Å². The van der Waals surface area contributed by atoms with E-state index < -0.39 is 9.84 Å². The van der Waals surface area contributed by atoms with Crippen molar-refractivity contribution in [1.29, 1.82) is 0 Å². The van der Waals surface area contributed by atoms with E-state index in [1.54, 1.807) is 13.8 Å². The van der Waals surface area contributed by atoms with Gasteiger partial charge in [0.1, 0.15) is 0 Å². The van der Waals surface area contributed by atoms with E-state index in [2.05, 4.69) is 11.4 Å². The number of benzene rings is 1. The molecule has 1 aromatic rings. The fourth-order valence-electron chi connectivity index (χ4n) is 3.78. The number of unbranched alkanes of at least 4 members (excludes halogenated alkanes) is 4. The van der Waals surface area contributed by atoms with Gasteiger partial charge in [-0.25, -0.2) is 8.42 Å². The zero-order chi connectivity index (χ0) is 20.4. The molecule has 1 N–H and O–H groups in total. The summed E-state index contributed by atoms with van der Waals surface area (Å²) in [6.45, 7) is 3.50. The number of aryl methyl sites for hydroxylation is 1. The highest BCUT2D eigenvalue weighted by atomic mass is 32.2. The summed E-state index contributed by atoms with van der Waals surface area (Å²) < 4.78 is 23.6. The van der Waals surface area contributed by atoms with Gasteiger partial charge in [0.05, 0.1) is 11.0 Å². The Morgan fingerprint density at radius 1 is 1.04 bits per heavy atom. The highest BCUT2D eigenvalue weighted by molar-refractivity contribution is 7.91. The molecule has 0 spiro atoms. The zero-order valence-electron chi connectivity index (χ0n) is 17.6. The van der Waals surface area contributed by atoms with Gasteiger partial charge in [-0.15, -0.1) is 0 Å². The zero-order valence-corrected chi connectivity index (χ0v) is 18.4. The second-order valence-corrected chi connectivity index (χ2v) is 11.1. The fourth-order valence-corrected chi connectivity index (χ4v) is 4.86. The number of amides is 1. The van der Waals surface area contributed by atoms with Crippen LogP contribution in [0.25, 0.3) is 0 Å². The molecule has 0 aliphatic heterocycles. The van der Waals surface area contributed by atoms with Crippen molar-refractivity contribution in [2.75, 3.05) is 5.75 Å².